The third-order valence-electron chi connectivity index (χ3n) is 2.89. The minimum atomic E-state index is -0.493. The third kappa shape index (κ3) is 2.59. The van der Waals surface area contributed by atoms with Crippen molar-refractivity contribution < 1.29 is 4.79 Å². The van der Waals surface area contributed by atoms with Crippen LogP contribution in [0.3, 0.4) is 0 Å². The van der Waals surface area contributed by atoms with Gasteiger partial charge in [0.15, 0.2) is 0 Å². The molecule has 88 valence electrons. The van der Waals surface area contributed by atoms with Gasteiger partial charge in [-0.05, 0) is 30.0 Å². The van der Waals surface area contributed by atoms with Crippen LogP contribution in [0.2, 0.25) is 0 Å². The van der Waals surface area contributed by atoms with Gasteiger partial charge in [-0.25, -0.2) is 0 Å². The predicted molar refractivity (Wildman–Crippen MR) is 69.6 cm³/mol. The van der Waals surface area contributed by atoms with E-state index in [1.165, 1.54) is 4.88 Å². The Morgan fingerprint density at radius 2 is 2.50 bits per heavy atom. The largest absolute Gasteiger partial charge is 0.368 e. The molecule has 0 aliphatic carbocycles. The summed E-state index contributed by atoms with van der Waals surface area (Å²) in [6.45, 7) is 0.737. The minimum absolute atomic E-state index is 0.212. The average molecular weight is 256 g/mol. The Hall–Kier alpha value is -0.520. The van der Waals surface area contributed by atoms with Gasteiger partial charge in [-0.3, -0.25) is 10.1 Å². The number of primary amides is 1. The number of amides is 1. The fourth-order valence-electron chi connectivity index (χ4n) is 1.88. The number of nitrogens with two attached hydrogens (primary N) is 1. The van der Waals surface area contributed by atoms with Gasteiger partial charge in [0.2, 0.25) is 5.91 Å². The summed E-state index contributed by atoms with van der Waals surface area (Å²) in [4.78, 5) is 12.8. The molecule has 3 N–H and O–H groups in total. The van der Waals surface area contributed by atoms with Crippen molar-refractivity contribution in [3.8, 4) is 0 Å². The van der Waals surface area contributed by atoms with Crippen LogP contribution in [0.25, 0.3) is 0 Å². The van der Waals surface area contributed by atoms with E-state index in [0.29, 0.717) is 0 Å². The third-order valence-corrected chi connectivity index (χ3v) is 5.04. The first kappa shape index (κ1) is 12.0. The Morgan fingerprint density at radius 1 is 1.62 bits per heavy atom. The maximum absolute atomic E-state index is 11.6. The van der Waals surface area contributed by atoms with E-state index < -0.39 is 5.54 Å². The van der Waals surface area contributed by atoms with E-state index in [1.807, 2.05) is 23.2 Å². The quantitative estimate of drug-likeness (QED) is 0.860. The second-order valence-corrected chi connectivity index (χ2v) is 6.17. The van der Waals surface area contributed by atoms with Crippen molar-refractivity contribution >= 4 is 29.0 Å². The number of nitrogens with one attached hydrogen (secondary N) is 1. The lowest BCUT2D eigenvalue weighted by Gasteiger charge is -2.34. The predicted octanol–water partition coefficient (Wildman–Crippen LogP) is 1.59. The fraction of sp³-hybridized carbons (Fsp3) is 0.545. The molecular formula is C11H16N2OS2. The Balaban J connectivity index is 2.00. The second-order valence-electron chi connectivity index (χ2n) is 4.04. The van der Waals surface area contributed by atoms with Crippen molar-refractivity contribution in [2.75, 3.05) is 11.5 Å². The van der Waals surface area contributed by atoms with Gasteiger partial charge in [0.25, 0.3) is 0 Å². The molecule has 1 aromatic heterocycles. The zero-order valence-corrected chi connectivity index (χ0v) is 10.7. The Labute approximate surface area is 104 Å². The first-order valence-electron chi connectivity index (χ1n) is 5.38. The summed E-state index contributed by atoms with van der Waals surface area (Å²) < 4.78 is 0. The summed E-state index contributed by atoms with van der Waals surface area (Å²) in [7, 11) is 0. The van der Waals surface area contributed by atoms with Crippen LogP contribution in [0.15, 0.2) is 17.5 Å². The molecule has 0 radical (unpaired) electrons. The molecule has 2 rings (SSSR count). The molecule has 0 saturated carbocycles. The minimum Gasteiger partial charge on any atom is -0.368 e. The molecule has 5 heteroatoms. The molecule has 3 nitrogen and oxygen atoms in total. The van der Waals surface area contributed by atoms with E-state index in [1.54, 1.807) is 11.3 Å². The van der Waals surface area contributed by atoms with Crippen molar-refractivity contribution in [2.45, 2.75) is 24.9 Å². The summed E-state index contributed by atoms with van der Waals surface area (Å²) >= 11 is 3.51. The van der Waals surface area contributed by atoms with Crippen molar-refractivity contribution in [1.29, 1.82) is 0 Å². The molecule has 1 saturated heterocycles. The van der Waals surface area contributed by atoms with Gasteiger partial charge in [0.05, 0.1) is 0 Å². The standard InChI is InChI=1S/C11H16N2OS2/c12-10(14)11(4-2-5-15-8-11)13-7-9-3-1-6-16-9/h1,3,6,13H,2,4-5,7-8H2,(H2,12,14). The van der Waals surface area contributed by atoms with Gasteiger partial charge in [-0.15, -0.1) is 11.3 Å². The number of hydrogen-bond donors (Lipinski definition) is 2. The van der Waals surface area contributed by atoms with Crippen LogP contribution in [0.1, 0.15) is 17.7 Å². The molecule has 1 aliphatic heterocycles. The van der Waals surface area contributed by atoms with Gasteiger partial charge in [0, 0.05) is 17.2 Å². The summed E-state index contributed by atoms with van der Waals surface area (Å²) in [6, 6.07) is 4.09. The van der Waals surface area contributed by atoms with Crippen molar-refractivity contribution in [3.63, 3.8) is 0 Å². The Bertz CT molecular complexity index is 345. The molecule has 1 amide bonds. The molecule has 1 unspecified atom stereocenters. The van der Waals surface area contributed by atoms with Gasteiger partial charge in [0.1, 0.15) is 5.54 Å². The number of carbonyl (C=O) groups is 1. The number of thiophene rings is 1. The van der Waals surface area contributed by atoms with E-state index in [4.69, 9.17) is 5.73 Å². The highest BCUT2D eigenvalue weighted by Gasteiger charge is 2.37. The average Bonchev–Trinajstić information content (AvgIpc) is 2.80. The second kappa shape index (κ2) is 5.21. The highest BCUT2D eigenvalue weighted by atomic mass is 32.2. The van der Waals surface area contributed by atoms with Crippen LogP contribution >= 0.6 is 23.1 Å². The van der Waals surface area contributed by atoms with Crippen LogP contribution in [0.4, 0.5) is 0 Å². The molecule has 2 heterocycles. The molecule has 0 bridgehead atoms. The van der Waals surface area contributed by atoms with E-state index in [-0.39, 0.29) is 5.91 Å². The summed E-state index contributed by atoms with van der Waals surface area (Å²) in [5.41, 5.74) is 5.04. The van der Waals surface area contributed by atoms with Crippen LogP contribution in [-0.4, -0.2) is 23.0 Å². The summed E-state index contributed by atoms with van der Waals surface area (Å²) in [6.07, 6.45) is 1.92. The topological polar surface area (TPSA) is 55.1 Å². The highest BCUT2D eigenvalue weighted by Crippen LogP contribution is 2.27. The molecule has 0 aromatic carbocycles. The van der Waals surface area contributed by atoms with Crippen molar-refractivity contribution in [3.05, 3.63) is 22.4 Å². The zero-order valence-electron chi connectivity index (χ0n) is 9.07. The van der Waals surface area contributed by atoms with E-state index in [0.717, 1.165) is 30.9 Å². The fourth-order valence-corrected chi connectivity index (χ4v) is 3.76. The van der Waals surface area contributed by atoms with Crippen molar-refractivity contribution in [1.82, 2.24) is 5.32 Å². The van der Waals surface area contributed by atoms with Gasteiger partial charge in [-0.2, -0.15) is 11.8 Å². The molecular weight excluding hydrogens is 240 g/mol. The van der Waals surface area contributed by atoms with Crippen LogP contribution in [-0.2, 0) is 11.3 Å². The smallest absolute Gasteiger partial charge is 0.238 e. The number of carbonyl (C=O) groups excluding carboxylic acids is 1. The van der Waals surface area contributed by atoms with Crippen molar-refractivity contribution in [2.24, 2.45) is 5.73 Å². The summed E-state index contributed by atoms with van der Waals surface area (Å²) in [5.74, 6) is 1.72. The lowest BCUT2D eigenvalue weighted by Crippen LogP contribution is -2.58. The van der Waals surface area contributed by atoms with Crippen LogP contribution in [0, 0.1) is 0 Å². The lowest BCUT2D eigenvalue weighted by molar-refractivity contribution is -0.124. The number of hydrogen-bond acceptors (Lipinski definition) is 4. The maximum Gasteiger partial charge on any atom is 0.238 e. The van der Waals surface area contributed by atoms with Gasteiger partial charge < -0.3 is 5.73 Å². The monoisotopic (exact) mass is 256 g/mol. The van der Waals surface area contributed by atoms with Crippen LogP contribution in [0.5, 0.6) is 0 Å². The lowest BCUT2D eigenvalue weighted by atomic mass is 9.94. The first-order valence-corrected chi connectivity index (χ1v) is 7.41. The van der Waals surface area contributed by atoms with Crippen LogP contribution < -0.4 is 11.1 Å². The summed E-state index contributed by atoms with van der Waals surface area (Å²) in [5, 5.41) is 5.40. The molecule has 1 fully saturated rings. The molecule has 16 heavy (non-hydrogen) atoms. The molecule has 1 aliphatic rings. The number of thioether (sulfide) groups is 1. The van der Waals surface area contributed by atoms with Gasteiger partial charge >= 0.3 is 0 Å². The van der Waals surface area contributed by atoms with E-state index in [9.17, 15) is 4.79 Å². The number of rotatable bonds is 4. The molecule has 1 atom stereocenters. The molecule has 0 spiro atoms. The Morgan fingerprint density at radius 3 is 3.06 bits per heavy atom. The normalized spacial score (nSPS) is 25.5. The maximum atomic E-state index is 11.6. The SMILES string of the molecule is NC(=O)C1(NCc2cccs2)CCCSC1. The van der Waals surface area contributed by atoms with Gasteiger partial charge in [-0.1, -0.05) is 6.07 Å². The Kier molecular flexibility index (Phi) is 3.89. The van der Waals surface area contributed by atoms with E-state index in [2.05, 4.69) is 11.4 Å². The molecule has 1 aromatic rings. The highest BCUT2D eigenvalue weighted by molar-refractivity contribution is 7.99. The van der Waals surface area contributed by atoms with E-state index >= 15 is 0 Å². The first-order chi connectivity index (χ1) is 7.73. The zero-order chi connectivity index (χ0) is 11.4.